The summed E-state index contributed by atoms with van der Waals surface area (Å²) in [6.45, 7) is 3.24. The van der Waals surface area contributed by atoms with E-state index >= 15 is 0 Å². The molecular formula is C16H22N4O2. The number of carbonyl (C=O) groups is 2. The molecule has 0 aromatic heterocycles. The minimum absolute atomic E-state index is 0.0760. The van der Waals surface area contributed by atoms with E-state index in [9.17, 15) is 9.59 Å². The number of hydrogen-bond acceptors (Lipinski definition) is 3. The highest BCUT2D eigenvalue weighted by atomic mass is 16.2. The molecule has 6 heteroatoms. The van der Waals surface area contributed by atoms with E-state index in [1.54, 1.807) is 17.0 Å². The minimum Gasteiger partial charge on any atom is -0.348 e. The van der Waals surface area contributed by atoms with Crippen molar-refractivity contribution in [1.82, 2.24) is 16.0 Å². The van der Waals surface area contributed by atoms with E-state index in [0.717, 1.165) is 38.0 Å². The Balaban J connectivity index is 1.69. The monoisotopic (exact) mass is 302 g/mol. The van der Waals surface area contributed by atoms with Gasteiger partial charge in [-0.05, 0) is 44.0 Å². The number of rotatable bonds is 3. The van der Waals surface area contributed by atoms with Crippen molar-refractivity contribution in [2.45, 2.75) is 25.3 Å². The molecule has 22 heavy (non-hydrogen) atoms. The molecule has 3 rings (SSSR count). The van der Waals surface area contributed by atoms with Crippen LogP contribution in [0.2, 0.25) is 0 Å². The van der Waals surface area contributed by atoms with E-state index in [4.69, 9.17) is 0 Å². The van der Waals surface area contributed by atoms with Crippen molar-refractivity contribution in [2.24, 2.45) is 0 Å². The van der Waals surface area contributed by atoms with Crippen LogP contribution >= 0.6 is 0 Å². The molecule has 2 aliphatic heterocycles. The summed E-state index contributed by atoms with van der Waals surface area (Å²) in [7, 11) is 0. The zero-order valence-corrected chi connectivity index (χ0v) is 12.6. The second-order valence-corrected chi connectivity index (χ2v) is 5.80. The summed E-state index contributed by atoms with van der Waals surface area (Å²) in [6, 6.07) is 7.35. The van der Waals surface area contributed by atoms with Crippen LogP contribution < -0.4 is 20.9 Å². The average molecular weight is 302 g/mol. The van der Waals surface area contributed by atoms with Crippen LogP contribution in [0.3, 0.4) is 0 Å². The van der Waals surface area contributed by atoms with Crippen LogP contribution in [0.5, 0.6) is 0 Å². The second kappa shape index (κ2) is 6.79. The fraction of sp³-hybridized carbons (Fsp3) is 0.500. The van der Waals surface area contributed by atoms with Gasteiger partial charge in [-0.25, -0.2) is 4.79 Å². The molecule has 118 valence electrons. The van der Waals surface area contributed by atoms with Crippen molar-refractivity contribution >= 4 is 17.6 Å². The van der Waals surface area contributed by atoms with Crippen molar-refractivity contribution in [2.75, 3.05) is 31.1 Å². The Morgan fingerprint density at radius 1 is 1.27 bits per heavy atom. The molecule has 2 heterocycles. The van der Waals surface area contributed by atoms with Crippen LogP contribution in [0.15, 0.2) is 24.3 Å². The lowest BCUT2D eigenvalue weighted by Crippen LogP contribution is -2.47. The molecule has 3 amide bonds. The lowest BCUT2D eigenvalue weighted by Gasteiger charge is -2.28. The summed E-state index contributed by atoms with van der Waals surface area (Å²) in [6.07, 6.45) is 3.00. The smallest absolute Gasteiger partial charge is 0.321 e. The molecular weight excluding hydrogens is 280 g/mol. The molecule has 2 aliphatic rings. The Bertz CT molecular complexity index is 555. The number of hydrogen-bond donors (Lipinski definition) is 3. The van der Waals surface area contributed by atoms with Crippen LogP contribution in [0.25, 0.3) is 0 Å². The zero-order valence-electron chi connectivity index (χ0n) is 12.6. The molecule has 2 saturated heterocycles. The van der Waals surface area contributed by atoms with E-state index in [1.165, 1.54) is 0 Å². The first-order valence-corrected chi connectivity index (χ1v) is 7.91. The van der Waals surface area contributed by atoms with Crippen molar-refractivity contribution in [3.8, 4) is 0 Å². The molecule has 0 aliphatic carbocycles. The Kier molecular flexibility index (Phi) is 4.58. The maximum Gasteiger partial charge on any atom is 0.321 e. The van der Waals surface area contributed by atoms with Gasteiger partial charge in [0.1, 0.15) is 0 Å². The minimum atomic E-state index is -0.0970. The SMILES string of the molecule is O=C(N[C@H]1CCCNC1)c1cccc(N2CCCNC2=O)c1. The molecule has 0 unspecified atom stereocenters. The Labute approximate surface area is 130 Å². The highest BCUT2D eigenvalue weighted by Gasteiger charge is 2.21. The molecule has 1 atom stereocenters. The zero-order chi connectivity index (χ0) is 15.4. The predicted octanol–water partition coefficient (Wildman–Crippen LogP) is 1.09. The number of piperidine rings is 1. The molecule has 0 bridgehead atoms. The number of benzene rings is 1. The van der Waals surface area contributed by atoms with Gasteiger partial charge in [-0.1, -0.05) is 6.07 Å². The first-order chi connectivity index (χ1) is 10.7. The molecule has 0 spiro atoms. The van der Waals surface area contributed by atoms with E-state index < -0.39 is 0 Å². The van der Waals surface area contributed by atoms with Gasteiger partial charge in [0.2, 0.25) is 0 Å². The van der Waals surface area contributed by atoms with Gasteiger partial charge in [0.05, 0.1) is 0 Å². The first kappa shape index (κ1) is 14.8. The summed E-state index contributed by atoms with van der Waals surface area (Å²) in [5.41, 5.74) is 1.37. The third-order valence-electron chi connectivity index (χ3n) is 4.13. The molecule has 2 fully saturated rings. The third kappa shape index (κ3) is 3.39. The van der Waals surface area contributed by atoms with E-state index in [2.05, 4.69) is 16.0 Å². The van der Waals surface area contributed by atoms with E-state index in [1.807, 2.05) is 12.1 Å². The van der Waals surface area contributed by atoms with Gasteiger partial charge in [-0.3, -0.25) is 9.69 Å². The van der Waals surface area contributed by atoms with Crippen LogP contribution in [-0.2, 0) is 0 Å². The maximum atomic E-state index is 12.4. The van der Waals surface area contributed by atoms with Gasteiger partial charge in [-0.2, -0.15) is 0 Å². The van der Waals surface area contributed by atoms with E-state index in [-0.39, 0.29) is 18.0 Å². The molecule has 6 nitrogen and oxygen atoms in total. The lowest BCUT2D eigenvalue weighted by molar-refractivity contribution is 0.0930. The highest BCUT2D eigenvalue weighted by molar-refractivity contribution is 5.98. The predicted molar refractivity (Wildman–Crippen MR) is 85.2 cm³/mol. The van der Waals surface area contributed by atoms with Crippen molar-refractivity contribution in [1.29, 1.82) is 0 Å². The number of nitrogens with zero attached hydrogens (tertiary/aromatic N) is 1. The van der Waals surface area contributed by atoms with Gasteiger partial charge >= 0.3 is 6.03 Å². The third-order valence-corrected chi connectivity index (χ3v) is 4.13. The second-order valence-electron chi connectivity index (χ2n) is 5.80. The Hall–Kier alpha value is -2.08. The summed E-state index contributed by atoms with van der Waals surface area (Å²) in [5, 5.41) is 9.16. The highest BCUT2D eigenvalue weighted by Crippen LogP contribution is 2.18. The topological polar surface area (TPSA) is 73.5 Å². The number of amides is 3. The molecule has 1 aromatic carbocycles. The van der Waals surface area contributed by atoms with Gasteiger partial charge < -0.3 is 16.0 Å². The molecule has 0 radical (unpaired) electrons. The van der Waals surface area contributed by atoms with Crippen LogP contribution in [0.1, 0.15) is 29.6 Å². The Morgan fingerprint density at radius 3 is 2.95 bits per heavy atom. The standard InChI is InChI=1S/C16H22N4O2/c21-15(19-13-5-2-7-17-11-13)12-4-1-6-14(10-12)20-9-3-8-18-16(20)22/h1,4,6,10,13,17H,2-3,5,7-9,11H2,(H,18,22)(H,19,21)/t13-/m0/s1. The van der Waals surface area contributed by atoms with E-state index in [0.29, 0.717) is 18.7 Å². The van der Waals surface area contributed by atoms with Gasteiger partial charge in [0.25, 0.3) is 5.91 Å². The number of anilines is 1. The summed E-state index contributed by atoms with van der Waals surface area (Å²) in [5.74, 6) is -0.0760. The molecule has 1 aromatic rings. The summed E-state index contributed by atoms with van der Waals surface area (Å²) in [4.78, 5) is 26.0. The number of nitrogens with one attached hydrogen (secondary N) is 3. The average Bonchev–Trinajstić information content (AvgIpc) is 2.56. The fourth-order valence-electron chi connectivity index (χ4n) is 2.93. The van der Waals surface area contributed by atoms with Crippen molar-refractivity contribution in [3.05, 3.63) is 29.8 Å². The number of carbonyl (C=O) groups excluding carboxylic acids is 2. The van der Waals surface area contributed by atoms with Gasteiger partial charge in [0, 0.05) is 36.9 Å². The van der Waals surface area contributed by atoms with Crippen LogP contribution in [-0.4, -0.2) is 44.2 Å². The van der Waals surface area contributed by atoms with Crippen molar-refractivity contribution in [3.63, 3.8) is 0 Å². The molecule has 3 N–H and O–H groups in total. The van der Waals surface area contributed by atoms with Gasteiger partial charge in [-0.15, -0.1) is 0 Å². The van der Waals surface area contributed by atoms with Gasteiger partial charge in [0.15, 0.2) is 0 Å². The van der Waals surface area contributed by atoms with Crippen molar-refractivity contribution < 1.29 is 9.59 Å². The largest absolute Gasteiger partial charge is 0.348 e. The fourth-order valence-corrected chi connectivity index (χ4v) is 2.93. The quantitative estimate of drug-likeness (QED) is 0.782. The molecule has 0 saturated carbocycles. The summed E-state index contributed by atoms with van der Waals surface area (Å²) >= 11 is 0. The van der Waals surface area contributed by atoms with Crippen LogP contribution in [0, 0.1) is 0 Å². The number of urea groups is 1. The van der Waals surface area contributed by atoms with Crippen LogP contribution in [0.4, 0.5) is 10.5 Å². The normalized spacial score (nSPS) is 22.1. The Morgan fingerprint density at radius 2 is 2.18 bits per heavy atom. The summed E-state index contributed by atoms with van der Waals surface area (Å²) < 4.78 is 0. The first-order valence-electron chi connectivity index (χ1n) is 7.91. The lowest BCUT2D eigenvalue weighted by atomic mass is 10.1. The maximum absolute atomic E-state index is 12.4.